The summed E-state index contributed by atoms with van der Waals surface area (Å²) in [4.78, 5) is 24.7. The SMILES string of the molecule is CSCCC(NC(=O)COc1ccccc1)C(=O)NCCc1ccc(Cl)cc1. The second kappa shape index (κ2) is 12.3. The monoisotopic (exact) mass is 420 g/mol. The molecule has 1 unspecified atom stereocenters. The van der Waals surface area contributed by atoms with E-state index in [4.69, 9.17) is 16.3 Å². The average molecular weight is 421 g/mol. The van der Waals surface area contributed by atoms with Gasteiger partial charge < -0.3 is 15.4 Å². The molecule has 150 valence electrons. The first-order valence-corrected chi connectivity index (χ1v) is 10.8. The van der Waals surface area contributed by atoms with Gasteiger partial charge in [-0.1, -0.05) is 41.9 Å². The van der Waals surface area contributed by atoms with E-state index in [1.54, 1.807) is 23.9 Å². The number of hydrogen-bond acceptors (Lipinski definition) is 4. The summed E-state index contributed by atoms with van der Waals surface area (Å²) in [7, 11) is 0. The Bertz CT molecular complexity index is 741. The molecule has 7 heteroatoms. The van der Waals surface area contributed by atoms with Crippen molar-refractivity contribution in [2.45, 2.75) is 18.9 Å². The molecule has 2 N–H and O–H groups in total. The van der Waals surface area contributed by atoms with Crippen LogP contribution in [0.4, 0.5) is 0 Å². The zero-order valence-electron chi connectivity index (χ0n) is 15.8. The first-order chi connectivity index (χ1) is 13.6. The molecule has 0 aliphatic carbocycles. The molecule has 0 aromatic heterocycles. The fourth-order valence-corrected chi connectivity index (χ4v) is 3.11. The van der Waals surface area contributed by atoms with Gasteiger partial charge in [0, 0.05) is 11.6 Å². The van der Waals surface area contributed by atoms with E-state index in [9.17, 15) is 9.59 Å². The molecule has 2 amide bonds. The predicted molar refractivity (Wildman–Crippen MR) is 115 cm³/mol. The summed E-state index contributed by atoms with van der Waals surface area (Å²) in [6.07, 6.45) is 3.23. The molecule has 0 fully saturated rings. The number of nitrogens with one attached hydrogen (secondary N) is 2. The van der Waals surface area contributed by atoms with E-state index >= 15 is 0 Å². The van der Waals surface area contributed by atoms with Crippen molar-refractivity contribution in [1.29, 1.82) is 0 Å². The van der Waals surface area contributed by atoms with Gasteiger partial charge in [-0.2, -0.15) is 11.8 Å². The van der Waals surface area contributed by atoms with Crippen molar-refractivity contribution in [2.24, 2.45) is 0 Å². The van der Waals surface area contributed by atoms with Crippen LogP contribution >= 0.6 is 23.4 Å². The van der Waals surface area contributed by atoms with Crippen molar-refractivity contribution < 1.29 is 14.3 Å². The first-order valence-electron chi connectivity index (χ1n) is 9.07. The van der Waals surface area contributed by atoms with Crippen LogP contribution < -0.4 is 15.4 Å². The lowest BCUT2D eigenvalue weighted by Crippen LogP contribution is -2.48. The van der Waals surface area contributed by atoms with E-state index in [0.29, 0.717) is 30.2 Å². The topological polar surface area (TPSA) is 67.4 Å². The number of benzene rings is 2. The van der Waals surface area contributed by atoms with Crippen LogP contribution in [0.1, 0.15) is 12.0 Å². The lowest BCUT2D eigenvalue weighted by molar-refractivity contribution is -0.130. The van der Waals surface area contributed by atoms with Crippen LogP contribution in [0, 0.1) is 0 Å². The van der Waals surface area contributed by atoms with Crippen LogP contribution in [-0.2, 0) is 16.0 Å². The molecule has 2 aromatic carbocycles. The van der Waals surface area contributed by atoms with Gasteiger partial charge in [-0.05, 0) is 54.7 Å². The molecule has 0 saturated carbocycles. The Hall–Kier alpha value is -2.18. The molecule has 0 heterocycles. The summed E-state index contributed by atoms with van der Waals surface area (Å²) in [5, 5.41) is 6.35. The van der Waals surface area contributed by atoms with Crippen LogP contribution in [0.25, 0.3) is 0 Å². The predicted octanol–water partition coefficient (Wildman–Crippen LogP) is 3.32. The normalized spacial score (nSPS) is 11.5. The van der Waals surface area contributed by atoms with E-state index in [1.165, 1.54) is 0 Å². The lowest BCUT2D eigenvalue weighted by atomic mass is 10.1. The summed E-state index contributed by atoms with van der Waals surface area (Å²) in [6.45, 7) is 0.366. The standard InChI is InChI=1S/C21H25ClN2O3S/c1-28-14-12-19(24-20(25)15-27-18-5-3-2-4-6-18)21(26)23-13-11-16-7-9-17(22)10-8-16/h2-10,19H,11-15H2,1H3,(H,23,26)(H,24,25). The minimum absolute atomic E-state index is 0.127. The molecule has 0 aliphatic heterocycles. The molecule has 0 saturated heterocycles. The largest absolute Gasteiger partial charge is 0.484 e. The number of rotatable bonds is 11. The zero-order valence-corrected chi connectivity index (χ0v) is 17.4. The van der Waals surface area contributed by atoms with Gasteiger partial charge in [0.1, 0.15) is 11.8 Å². The smallest absolute Gasteiger partial charge is 0.258 e. The van der Waals surface area contributed by atoms with E-state index < -0.39 is 6.04 Å². The van der Waals surface area contributed by atoms with Crippen molar-refractivity contribution in [3.63, 3.8) is 0 Å². The molecule has 0 radical (unpaired) electrons. The summed E-state index contributed by atoms with van der Waals surface area (Å²) in [5.41, 5.74) is 1.09. The summed E-state index contributed by atoms with van der Waals surface area (Å²) in [5.74, 6) is 0.888. The van der Waals surface area contributed by atoms with Crippen molar-refractivity contribution in [2.75, 3.05) is 25.2 Å². The van der Waals surface area contributed by atoms with Crippen LogP contribution in [0.5, 0.6) is 5.75 Å². The van der Waals surface area contributed by atoms with Gasteiger partial charge in [-0.25, -0.2) is 0 Å². The number of carbonyl (C=O) groups excluding carboxylic acids is 2. The highest BCUT2D eigenvalue weighted by atomic mass is 35.5. The maximum atomic E-state index is 12.5. The Balaban J connectivity index is 1.80. The Morgan fingerprint density at radius 3 is 2.50 bits per heavy atom. The number of hydrogen-bond donors (Lipinski definition) is 2. The minimum Gasteiger partial charge on any atom is -0.484 e. The molecular weight excluding hydrogens is 396 g/mol. The lowest BCUT2D eigenvalue weighted by Gasteiger charge is -2.18. The average Bonchev–Trinajstić information content (AvgIpc) is 2.71. The number of thioether (sulfide) groups is 1. The molecule has 5 nitrogen and oxygen atoms in total. The minimum atomic E-state index is -0.579. The Morgan fingerprint density at radius 1 is 1.11 bits per heavy atom. The number of amides is 2. The summed E-state index contributed by atoms with van der Waals surface area (Å²) < 4.78 is 5.44. The quantitative estimate of drug-likeness (QED) is 0.585. The number of para-hydroxylation sites is 1. The highest BCUT2D eigenvalue weighted by Gasteiger charge is 2.20. The zero-order chi connectivity index (χ0) is 20.2. The Kier molecular flexibility index (Phi) is 9.72. The van der Waals surface area contributed by atoms with E-state index in [2.05, 4.69) is 10.6 Å². The highest BCUT2D eigenvalue weighted by Crippen LogP contribution is 2.10. The van der Waals surface area contributed by atoms with Gasteiger partial charge in [-0.15, -0.1) is 0 Å². The Morgan fingerprint density at radius 2 is 1.82 bits per heavy atom. The van der Waals surface area contributed by atoms with Gasteiger partial charge in [0.2, 0.25) is 5.91 Å². The first kappa shape index (κ1) is 22.1. The van der Waals surface area contributed by atoms with Gasteiger partial charge in [-0.3, -0.25) is 9.59 Å². The molecule has 0 aliphatic rings. The second-order valence-electron chi connectivity index (χ2n) is 6.17. The van der Waals surface area contributed by atoms with Crippen LogP contribution in [0.15, 0.2) is 54.6 Å². The molecule has 2 aromatic rings. The third-order valence-electron chi connectivity index (χ3n) is 4.00. The van der Waals surface area contributed by atoms with E-state index in [0.717, 1.165) is 11.3 Å². The molecule has 0 bridgehead atoms. The van der Waals surface area contributed by atoms with Crippen molar-refractivity contribution >= 4 is 35.2 Å². The van der Waals surface area contributed by atoms with E-state index in [1.807, 2.05) is 48.7 Å². The molecule has 28 heavy (non-hydrogen) atoms. The van der Waals surface area contributed by atoms with Gasteiger partial charge in [0.15, 0.2) is 6.61 Å². The third kappa shape index (κ3) is 8.23. The summed E-state index contributed by atoms with van der Waals surface area (Å²) >= 11 is 7.51. The summed E-state index contributed by atoms with van der Waals surface area (Å²) in [6, 6.07) is 16.0. The maximum absolute atomic E-state index is 12.5. The van der Waals surface area contributed by atoms with Gasteiger partial charge >= 0.3 is 0 Å². The molecule has 0 spiro atoms. The molecular formula is C21H25ClN2O3S. The third-order valence-corrected chi connectivity index (χ3v) is 4.90. The highest BCUT2D eigenvalue weighted by molar-refractivity contribution is 7.98. The maximum Gasteiger partial charge on any atom is 0.258 e. The van der Waals surface area contributed by atoms with Crippen molar-refractivity contribution in [3.05, 3.63) is 65.2 Å². The number of ether oxygens (including phenoxy) is 1. The number of carbonyl (C=O) groups is 2. The van der Waals surface area contributed by atoms with Crippen molar-refractivity contribution in [3.8, 4) is 5.75 Å². The van der Waals surface area contributed by atoms with Crippen LogP contribution in [0.2, 0.25) is 5.02 Å². The fourth-order valence-electron chi connectivity index (χ4n) is 2.51. The molecule has 1 atom stereocenters. The van der Waals surface area contributed by atoms with E-state index in [-0.39, 0.29) is 18.4 Å². The van der Waals surface area contributed by atoms with Gasteiger partial charge in [0.25, 0.3) is 5.91 Å². The fraction of sp³-hybridized carbons (Fsp3) is 0.333. The van der Waals surface area contributed by atoms with Crippen LogP contribution in [0.3, 0.4) is 0 Å². The van der Waals surface area contributed by atoms with Gasteiger partial charge in [0.05, 0.1) is 0 Å². The second-order valence-corrected chi connectivity index (χ2v) is 7.59. The van der Waals surface area contributed by atoms with Crippen molar-refractivity contribution in [1.82, 2.24) is 10.6 Å². The Labute approximate surface area is 175 Å². The number of halogens is 1. The molecule has 2 rings (SSSR count). The van der Waals surface area contributed by atoms with Crippen LogP contribution in [-0.4, -0.2) is 43.0 Å².